The van der Waals surface area contributed by atoms with E-state index in [0.29, 0.717) is 28.4 Å². The van der Waals surface area contributed by atoms with Crippen molar-refractivity contribution in [2.45, 2.75) is 0 Å². The lowest BCUT2D eigenvalue weighted by Crippen LogP contribution is -2.17. The Bertz CT molecular complexity index is 1290. The monoisotopic (exact) mass is 379 g/mol. The van der Waals surface area contributed by atoms with Crippen molar-refractivity contribution < 1.29 is 18.9 Å². The zero-order valence-electron chi connectivity index (χ0n) is 16.5. The number of methoxy groups -OCH3 is 4. The lowest BCUT2D eigenvalue weighted by molar-refractivity contribution is 0.356. The van der Waals surface area contributed by atoms with Crippen molar-refractivity contribution in [3.63, 3.8) is 0 Å². The maximum Gasteiger partial charge on any atom is 0.258 e. The van der Waals surface area contributed by atoms with E-state index in [2.05, 4.69) is 0 Å². The van der Waals surface area contributed by atoms with E-state index < -0.39 is 0 Å². The number of ether oxygens (including phenoxy) is 4. The third-order valence-electron chi connectivity index (χ3n) is 5.18. The Morgan fingerprint density at radius 1 is 0.643 bits per heavy atom. The summed E-state index contributed by atoms with van der Waals surface area (Å²) in [5.74, 6) is 2.37. The Balaban J connectivity index is 2.23. The van der Waals surface area contributed by atoms with Gasteiger partial charge in [0.2, 0.25) is 0 Å². The van der Waals surface area contributed by atoms with Gasteiger partial charge in [-0.15, -0.1) is 0 Å². The molecule has 1 aromatic heterocycles. The van der Waals surface area contributed by atoms with Gasteiger partial charge in [0, 0.05) is 23.2 Å². The molecule has 0 radical (unpaired) electrons. The lowest BCUT2D eigenvalue weighted by Gasteiger charge is -2.16. The van der Waals surface area contributed by atoms with Crippen LogP contribution in [0.1, 0.15) is 0 Å². The molecule has 0 aliphatic carbocycles. The first-order valence-corrected chi connectivity index (χ1v) is 8.77. The molecule has 6 heteroatoms. The largest absolute Gasteiger partial charge is 0.493 e. The van der Waals surface area contributed by atoms with Gasteiger partial charge in [0.1, 0.15) is 0 Å². The van der Waals surface area contributed by atoms with Crippen LogP contribution in [0.3, 0.4) is 0 Å². The summed E-state index contributed by atoms with van der Waals surface area (Å²) >= 11 is 0. The molecule has 0 aliphatic rings. The fourth-order valence-electron chi connectivity index (χ4n) is 3.77. The van der Waals surface area contributed by atoms with Crippen LogP contribution >= 0.6 is 0 Å². The molecular formula is C22H21NO5. The SMILES string of the molecule is COc1cc2ccc3c4cc(OC)c(OC)cc4c(=O)n(C)c3c2cc1OC. The fraction of sp³-hybridized carbons (Fsp3) is 0.227. The van der Waals surface area contributed by atoms with Crippen LogP contribution < -0.4 is 24.5 Å². The first kappa shape index (κ1) is 18.0. The van der Waals surface area contributed by atoms with Crippen LogP contribution in [0.4, 0.5) is 0 Å². The van der Waals surface area contributed by atoms with Crippen LogP contribution in [0, 0.1) is 0 Å². The van der Waals surface area contributed by atoms with Crippen LogP contribution in [0.2, 0.25) is 0 Å². The Morgan fingerprint density at radius 2 is 1.14 bits per heavy atom. The second-order valence-corrected chi connectivity index (χ2v) is 6.51. The van der Waals surface area contributed by atoms with Crippen LogP contribution in [0.25, 0.3) is 32.4 Å². The van der Waals surface area contributed by atoms with Gasteiger partial charge in [0.25, 0.3) is 5.56 Å². The number of nitrogens with zero attached hydrogens (tertiary/aromatic N) is 1. The van der Waals surface area contributed by atoms with Crippen molar-refractivity contribution in [3.8, 4) is 23.0 Å². The number of rotatable bonds is 4. The zero-order valence-corrected chi connectivity index (χ0v) is 16.5. The van der Waals surface area contributed by atoms with Crippen molar-refractivity contribution in [3.05, 3.63) is 46.8 Å². The summed E-state index contributed by atoms with van der Waals surface area (Å²) in [5, 5.41) is 4.20. The van der Waals surface area contributed by atoms with Crippen molar-refractivity contribution >= 4 is 32.4 Å². The van der Waals surface area contributed by atoms with E-state index in [-0.39, 0.29) is 5.56 Å². The minimum Gasteiger partial charge on any atom is -0.493 e. The van der Waals surface area contributed by atoms with Crippen LogP contribution in [0.15, 0.2) is 41.2 Å². The number of hydrogen-bond acceptors (Lipinski definition) is 5. The predicted octanol–water partition coefficient (Wildman–Crippen LogP) is 3.88. The number of aromatic nitrogens is 1. The molecule has 6 nitrogen and oxygen atoms in total. The second-order valence-electron chi connectivity index (χ2n) is 6.51. The Kier molecular flexibility index (Phi) is 4.26. The molecule has 0 saturated carbocycles. The highest BCUT2D eigenvalue weighted by atomic mass is 16.5. The summed E-state index contributed by atoms with van der Waals surface area (Å²) in [6, 6.07) is 11.4. The smallest absolute Gasteiger partial charge is 0.258 e. The molecule has 0 aliphatic heterocycles. The Labute approximate surface area is 161 Å². The van der Waals surface area contributed by atoms with Gasteiger partial charge >= 0.3 is 0 Å². The molecule has 0 bridgehead atoms. The highest BCUT2D eigenvalue weighted by Gasteiger charge is 2.17. The normalized spacial score (nSPS) is 11.2. The lowest BCUT2D eigenvalue weighted by atomic mass is 10.00. The van der Waals surface area contributed by atoms with Crippen molar-refractivity contribution in [2.75, 3.05) is 28.4 Å². The molecular weight excluding hydrogens is 358 g/mol. The first-order chi connectivity index (χ1) is 13.5. The van der Waals surface area contributed by atoms with E-state index in [4.69, 9.17) is 18.9 Å². The summed E-state index contributed by atoms with van der Waals surface area (Å²) in [5.41, 5.74) is 0.717. The van der Waals surface area contributed by atoms with E-state index in [1.807, 2.05) is 30.3 Å². The van der Waals surface area contributed by atoms with Gasteiger partial charge in [-0.1, -0.05) is 12.1 Å². The van der Waals surface area contributed by atoms with Crippen LogP contribution in [0.5, 0.6) is 23.0 Å². The number of pyridine rings is 1. The maximum absolute atomic E-state index is 13.1. The van der Waals surface area contributed by atoms with Gasteiger partial charge in [-0.3, -0.25) is 4.79 Å². The van der Waals surface area contributed by atoms with E-state index in [9.17, 15) is 4.79 Å². The standard InChI is InChI=1S/C22H21NO5/c1-23-21-13(7-6-12-8-17(25-2)18(26-3)9-14(12)21)15-10-19(27-4)20(28-5)11-16(15)22(23)24/h6-11H,1-5H3. The topological polar surface area (TPSA) is 58.9 Å². The van der Waals surface area contributed by atoms with Gasteiger partial charge in [-0.2, -0.15) is 0 Å². The zero-order chi connectivity index (χ0) is 20.0. The quantitative estimate of drug-likeness (QED) is 0.504. The van der Waals surface area contributed by atoms with Gasteiger partial charge in [0.05, 0.1) is 39.3 Å². The van der Waals surface area contributed by atoms with Gasteiger partial charge in [-0.05, 0) is 29.7 Å². The average Bonchev–Trinajstić information content (AvgIpc) is 2.74. The fourth-order valence-corrected chi connectivity index (χ4v) is 3.77. The summed E-state index contributed by atoms with van der Waals surface area (Å²) in [4.78, 5) is 13.1. The van der Waals surface area contributed by atoms with E-state index in [1.165, 1.54) is 0 Å². The number of hydrogen-bond donors (Lipinski definition) is 0. The summed E-state index contributed by atoms with van der Waals surface area (Å²) < 4.78 is 23.4. The minimum atomic E-state index is -0.106. The van der Waals surface area contributed by atoms with Crippen LogP contribution in [-0.2, 0) is 7.05 Å². The molecule has 0 unspecified atom stereocenters. The molecule has 144 valence electrons. The van der Waals surface area contributed by atoms with Crippen LogP contribution in [-0.4, -0.2) is 33.0 Å². The number of fused-ring (bicyclic) bond motifs is 5. The summed E-state index contributed by atoms with van der Waals surface area (Å²) in [7, 11) is 8.12. The van der Waals surface area contributed by atoms with Gasteiger partial charge in [-0.25, -0.2) is 0 Å². The second kappa shape index (κ2) is 6.64. The molecule has 0 atom stereocenters. The highest BCUT2D eigenvalue weighted by molar-refractivity contribution is 6.16. The van der Waals surface area contributed by atoms with Crippen molar-refractivity contribution in [2.24, 2.45) is 7.05 Å². The average molecular weight is 379 g/mol. The molecule has 0 amide bonds. The van der Waals surface area contributed by atoms with E-state index in [1.54, 1.807) is 46.1 Å². The number of benzene rings is 3. The molecule has 0 spiro atoms. The van der Waals surface area contributed by atoms with Gasteiger partial charge < -0.3 is 23.5 Å². The van der Waals surface area contributed by atoms with Crippen molar-refractivity contribution in [1.82, 2.24) is 4.57 Å². The summed E-state index contributed by atoms with van der Waals surface area (Å²) in [6.45, 7) is 0. The molecule has 0 N–H and O–H groups in total. The first-order valence-electron chi connectivity index (χ1n) is 8.77. The third-order valence-corrected chi connectivity index (χ3v) is 5.18. The molecule has 28 heavy (non-hydrogen) atoms. The minimum absolute atomic E-state index is 0.106. The Morgan fingerprint density at radius 3 is 1.71 bits per heavy atom. The van der Waals surface area contributed by atoms with E-state index in [0.717, 1.165) is 27.1 Å². The highest BCUT2D eigenvalue weighted by Crippen LogP contribution is 2.39. The maximum atomic E-state index is 13.1. The molecule has 0 saturated heterocycles. The number of aryl methyl sites for hydroxylation is 1. The predicted molar refractivity (Wildman–Crippen MR) is 110 cm³/mol. The van der Waals surface area contributed by atoms with Gasteiger partial charge in [0.15, 0.2) is 23.0 Å². The van der Waals surface area contributed by atoms with Crippen molar-refractivity contribution in [1.29, 1.82) is 0 Å². The molecule has 3 aromatic carbocycles. The molecule has 4 rings (SSSR count). The third kappa shape index (κ3) is 2.45. The summed E-state index contributed by atoms with van der Waals surface area (Å²) in [6.07, 6.45) is 0. The molecule has 1 heterocycles. The molecule has 0 fully saturated rings. The molecule has 4 aromatic rings. The Hall–Kier alpha value is -3.41. The van der Waals surface area contributed by atoms with E-state index >= 15 is 0 Å².